The predicted molar refractivity (Wildman–Crippen MR) is 78.5 cm³/mol. The van der Waals surface area contributed by atoms with Gasteiger partial charge in [0.25, 0.3) is 0 Å². The summed E-state index contributed by atoms with van der Waals surface area (Å²) < 4.78 is 11.4. The lowest BCUT2D eigenvalue weighted by Gasteiger charge is -2.34. The van der Waals surface area contributed by atoms with Gasteiger partial charge in [-0.2, -0.15) is 0 Å². The second-order valence-corrected chi connectivity index (χ2v) is 6.42. The van der Waals surface area contributed by atoms with Crippen LogP contribution < -0.4 is 5.32 Å². The number of ether oxygens (including phenoxy) is 2. The van der Waals surface area contributed by atoms with Gasteiger partial charge in [0.05, 0.1) is 19.3 Å². The first-order valence-corrected chi connectivity index (χ1v) is 8.10. The molecule has 2 saturated carbocycles. The lowest BCUT2D eigenvalue weighted by atomic mass is 9.88. The Morgan fingerprint density at radius 1 is 1.30 bits per heavy atom. The molecule has 2 aliphatic rings. The largest absolute Gasteiger partial charge is 0.465 e. The van der Waals surface area contributed by atoms with E-state index >= 15 is 0 Å². The van der Waals surface area contributed by atoms with Crippen molar-refractivity contribution >= 4 is 5.97 Å². The molecule has 0 saturated heterocycles. The molecule has 0 aliphatic heterocycles. The van der Waals surface area contributed by atoms with Crippen LogP contribution in [-0.2, 0) is 14.3 Å². The molecule has 3 unspecified atom stereocenters. The number of esters is 1. The zero-order valence-electron chi connectivity index (χ0n) is 13.1. The lowest BCUT2D eigenvalue weighted by molar-refractivity contribution is -0.157. The quantitative estimate of drug-likeness (QED) is 0.729. The van der Waals surface area contributed by atoms with Gasteiger partial charge in [0.1, 0.15) is 5.54 Å². The van der Waals surface area contributed by atoms with Crippen molar-refractivity contribution in [3.05, 3.63) is 0 Å². The van der Waals surface area contributed by atoms with Crippen molar-refractivity contribution in [1.29, 1.82) is 0 Å². The summed E-state index contributed by atoms with van der Waals surface area (Å²) in [6, 6.07) is 0. The van der Waals surface area contributed by atoms with Gasteiger partial charge >= 0.3 is 5.97 Å². The van der Waals surface area contributed by atoms with Crippen molar-refractivity contribution < 1.29 is 14.3 Å². The zero-order valence-corrected chi connectivity index (χ0v) is 13.1. The fraction of sp³-hybridized carbons (Fsp3) is 0.938. The summed E-state index contributed by atoms with van der Waals surface area (Å²) in [6.07, 6.45) is 7.26. The molecule has 0 aromatic carbocycles. The third kappa shape index (κ3) is 3.53. The van der Waals surface area contributed by atoms with Crippen molar-refractivity contribution in [2.75, 3.05) is 20.3 Å². The van der Waals surface area contributed by atoms with Crippen LogP contribution >= 0.6 is 0 Å². The minimum absolute atomic E-state index is 0.145. The molecule has 0 spiro atoms. The van der Waals surface area contributed by atoms with E-state index in [1.807, 2.05) is 14.0 Å². The maximum Gasteiger partial charge on any atom is 0.329 e. The number of hydrogen-bond donors (Lipinski definition) is 1. The Labute approximate surface area is 122 Å². The minimum atomic E-state index is -0.628. The maximum atomic E-state index is 12.4. The van der Waals surface area contributed by atoms with Gasteiger partial charge in [-0.15, -0.1) is 0 Å². The molecule has 0 bridgehead atoms. The number of carbonyl (C=O) groups excluding carboxylic acids is 1. The Hall–Kier alpha value is -0.610. The molecule has 20 heavy (non-hydrogen) atoms. The Kier molecular flexibility index (Phi) is 5.44. The molecular formula is C16H29NO3. The summed E-state index contributed by atoms with van der Waals surface area (Å²) in [5, 5.41) is 3.21. The first-order chi connectivity index (χ1) is 9.62. The minimum Gasteiger partial charge on any atom is -0.465 e. The van der Waals surface area contributed by atoms with Gasteiger partial charge < -0.3 is 14.8 Å². The molecule has 0 aromatic heterocycles. The van der Waals surface area contributed by atoms with Crippen molar-refractivity contribution in [3.63, 3.8) is 0 Å². The van der Waals surface area contributed by atoms with Gasteiger partial charge in [-0.25, -0.2) is 4.79 Å². The summed E-state index contributed by atoms with van der Waals surface area (Å²) in [5.74, 6) is 0.961. The second-order valence-electron chi connectivity index (χ2n) is 6.42. The molecule has 1 N–H and O–H groups in total. The zero-order chi connectivity index (χ0) is 14.6. The molecule has 0 heterocycles. The third-order valence-corrected chi connectivity index (χ3v) is 4.80. The lowest BCUT2D eigenvalue weighted by Crippen LogP contribution is -2.57. The van der Waals surface area contributed by atoms with Crippen LogP contribution in [0.15, 0.2) is 0 Å². The highest BCUT2D eigenvalue weighted by Gasteiger charge is 2.51. The van der Waals surface area contributed by atoms with Crippen molar-refractivity contribution in [2.24, 2.45) is 11.8 Å². The highest BCUT2D eigenvalue weighted by atomic mass is 16.5. The Balaban J connectivity index is 1.95. The normalized spacial score (nSPS) is 29.8. The van der Waals surface area contributed by atoms with E-state index < -0.39 is 5.54 Å². The Bertz CT molecular complexity index is 330. The van der Waals surface area contributed by atoms with E-state index in [9.17, 15) is 4.79 Å². The summed E-state index contributed by atoms with van der Waals surface area (Å²) in [4.78, 5) is 12.4. The molecule has 2 fully saturated rings. The first kappa shape index (κ1) is 15.8. The SMILES string of the molecule is CCOC(=O)C(COC1CCCC(C)C1)(NC)C1CC1. The monoisotopic (exact) mass is 283 g/mol. The van der Waals surface area contributed by atoms with Crippen molar-refractivity contribution in [2.45, 2.75) is 64.0 Å². The number of likely N-dealkylation sites (N-methyl/N-ethyl adjacent to an activating group) is 1. The molecule has 116 valence electrons. The molecule has 0 radical (unpaired) electrons. The van der Waals surface area contributed by atoms with E-state index in [0.29, 0.717) is 25.2 Å². The molecule has 0 aromatic rings. The van der Waals surface area contributed by atoms with E-state index in [1.165, 1.54) is 12.8 Å². The van der Waals surface area contributed by atoms with Crippen LogP contribution in [0, 0.1) is 11.8 Å². The average molecular weight is 283 g/mol. The van der Waals surface area contributed by atoms with Crippen LogP contribution in [0.25, 0.3) is 0 Å². The molecular weight excluding hydrogens is 254 g/mol. The van der Waals surface area contributed by atoms with Gasteiger partial charge in [0, 0.05) is 0 Å². The van der Waals surface area contributed by atoms with Gasteiger partial charge in [0.2, 0.25) is 0 Å². The van der Waals surface area contributed by atoms with E-state index in [2.05, 4.69) is 12.2 Å². The van der Waals surface area contributed by atoms with E-state index in [-0.39, 0.29) is 5.97 Å². The molecule has 3 atom stereocenters. The highest BCUT2D eigenvalue weighted by Crippen LogP contribution is 2.41. The van der Waals surface area contributed by atoms with Crippen LogP contribution in [0.5, 0.6) is 0 Å². The molecule has 4 heteroatoms. The predicted octanol–water partition coefficient (Wildman–Crippen LogP) is 2.51. The Morgan fingerprint density at radius 2 is 2.05 bits per heavy atom. The summed E-state index contributed by atoms with van der Waals surface area (Å²) in [6.45, 7) is 5.02. The topological polar surface area (TPSA) is 47.6 Å². The molecule has 2 rings (SSSR count). The van der Waals surface area contributed by atoms with Gasteiger partial charge in [-0.1, -0.05) is 19.8 Å². The highest BCUT2D eigenvalue weighted by molar-refractivity contribution is 5.82. The van der Waals surface area contributed by atoms with Crippen LogP contribution in [0.2, 0.25) is 0 Å². The molecule has 2 aliphatic carbocycles. The van der Waals surface area contributed by atoms with Crippen molar-refractivity contribution in [3.8, 4) is 0 Å². The number of nitrogens with one attached hydrogen (secondary N) is 1. The van der Waals surface area contributed by atoms with Gasteiger partial charge in [0.15, 0.2) is 0 Å². The summed E-state index contributed by atoms with van der Waals surface area (Å²) in [7, 11) is 1.85. The molecule has 4 nitrogen and oxygen atoms in total. The van der Waals surface area contributed by atoms with Crippen LogP contribution in [-0.4, -0.2) is 37.9 Å². The molecule has 0 amide bonds. The summed E-state index contributed by atoms with van der Waals surface area (Å²) in [5.41, 5.74) is -0.628. The maximum absolute atomic E-state index is 12.4. The van der Waals surface area contributed by atoms with Crippen molar-refractivity contribution in [1.82, 2.24) is 5.32 Å². The van der Waals surface area contributed by atoms with Crippen LogP contribution in [0.1, 0.15) is 52.4 Å². The Morgan fingerprint density at radius 3 is 2.60 bits per heavy atom. The van der Waals surface area contributed by atoms with Crippen LogP contribution in [0.4, 0.5) is 0 Å². The first-order valence-electron chi connectivity index (χ1n) is 8.10. The van der Waals surface area contributed by atoms with Gasteiger partial charge in [-0.3, -0.25) is 0 Å². The van der Waals surface area contributed by atoms with E-state index in [0.717, 1.165) is 31.6 Å². The fourth-order valence-corrected chi connectivity index (χ4v) is 3.34. The number of rotatable bonds is 7. The fourth-order valence-electron chi connectivity index (χ4n) is 3.34. The van der Waals surface area contributed by atoms with Crippen LogP contribution in [0.3, 0.4) is 0 Å². The van der Waals surface area contributed by atoms with Gasteiger partial charge in [-0.05, 0) is 51.5 Å². The second kappa shape index (κ2) is 6.90. The third-order valence-electron chi connectivity index (χ3n) is 4.80. The van der Waals surface area contributed by atoms with E-state index in [1.54, 1.807) is 0 Å². The number of hydrogen-bond acceptors (Lipinski definition) is 4. The smallest absolute Gasteiger partial charge is 0.329 e. The average Bonchev–Trinajstić information content (AvgIpc) is 3.25. The number of carbonyl (C=O) groups is 1. The van der Waals surface area contributed by atoms with E-state index in [4.69, 9.17) is 9.47 Å². The summed E-state index contributed by atoms with van der Waals surface area (Å²) >= 11 is 0. The standard InChI is InChI=1S/C16H29NO3/c1-4-19-15(18)16(17-3,13-8-9-13)11-20-14-7-5-6-12(2)10-14/h12-14,17H,4-11H2,1-3H3.